The summed E-state index contributed by atoms with van der Waals surface area (Å²) in [6.45, 7) is 3.13. The predicted molar refractivity (Wildman–Crippen MR) is 111 cm³/mol. The van der Waals surface area contributed by atoms with Crippen molar-refractivity contribution in [3.63, 3.8) is 0 Å². The number of ether oxygens (including phenoxy) is 3. The van der Waals surface area contributed by atoms with Gasteiger partial charge in [0.1, 0.15) is 11.4 Å². The number of carboxylic acids is 1. The van der Waals surface area contributed by atoms with Gasteiger partial charge in [0.15, 0.2) is 5.76 Å². The summed E-state index contributed by atoms with van der Waals surface area (Å²) in [5.41, 5.74) is 1.23. The van der Waals surface area contributed by atoms with E-state index in [0.717, 1.165) is 5.56 Å². The number of benzene rings is 1. The van der Waals surface area contributed by atoms with Gasteiger partial charge in [-0.15, -0.1) is 0 Å². The Morgan fingerprint density at radius 1 is 1.09 bits per heavy atom. The van der Waals surface area contributed by atoms with E-state index in [2.05, 4.69) is 30.6 Å². The number of alkyl halides is 2. The average Bonchev–Trinajstić information content (AvgIpc) is 3.14. The number of carbonyl (C=O) groups is 3. The molecule has 0 aliphatic heterocycles. The highest BCUT2D eigenvalue weighted by Crippen LogP contribution is 2.32. The van der Waals surface area contributed by atoms with Crippen LogP contribution in [0.1, 0.15) is 19.6 Å². The SMILES string of the molecule is CCOC(=O)C(F)C(=O)OCC.COc1ccc(-c2noc(CC(F)C(=O)O)c2Br)cc1. The summed E-state index contributed by atoms with van der Waals surface area (Å²) >= 11 is 3.25. The largest absolute Gasteiger partial charge is 0.497 e. The lowest BCUT2D eigenvalue weighted by molar-refractivity contribution is -0.162. The number of carboxylic acid groups (broad SMARTS) is 1. The summed E-state index contributed by atoms with van der Waals surface area (Å²) < 4.78 is 44.8. The lowest BCUT2D eigenvalue weighted by Crippen LogP contribution is -2.29. The second kappa shape index (κ2) is 13.4. The van der Waals surface area contributed by atoms with Crippen LogP contribution in [0.4, 0.5) is 8.78 Å². The summed E-state index contributed by atoms with van der Waals surface area (Å²) in [6, 6.07) is 7.06. The lowest BCUT2D eigenvalue weighted by atomic mass is 10.1. The summed E-state index contributed by atoms with van der Waals surface area (Å²) in [6.07, 6.45) is -4.72. The number of methoxy groups -OCH3 is 1. The van der Waals surface area contributed by atoms with Gasteiger partial charge in [-0.2, -0.15) is 0 Å². The van der Waals surface area contributed by atoms with Gasteiger partial charge in [-0.05, 0) is 54.0 Å². The topological polar surface area (TPSA) is 125 Å². The maximum Gasteiger partial charge on any atom is 0.352 e. The zero-order valence-corrected chi connectivity index (χ0v) is 19.1. The number of aliphatic carboxylic acids is 1. The molecule has 0 aliphatic carbocycles. The molecule has 12 heteroatoms. The lowest BCUT2D eigenvalue weighted by Gasteiger charge is -2.05. The number of carbonyl (C=O) groups excluding carboxylic acids is 2. The molecule has 0 radical (unpaired) electrons. The van der Waals surface area contributed by atoms with Crippen molar-refractivity contribution in [1.29, 1.82) is 0 Å². The maximum atomic E-state index is 13.2. The first kappa shape index (κ1) is 27.0. The predicted octanol–water partition coefficient (Wildman–Crippen LogP) is 3.53. The van der Waals surface area contributed by atoms with Gasteiger partial charge >= 0.3 is 17.9 Å². The third-order valence-electron chi connectivity index (χ3n) is 3.68. The second-order valence-corrected chi connectivity index (χ2v) is 6.67. The highest BCUT2D eigenvalue weighted by Gasteiger charge is 2.28. The van der Waals surface area contributed by atoms with Crippen LogP contribution in [-0.2, 0) is 30.3 Å². The number of hydrogen-bond acceptors (Lipinski definition) is 8. The molecule has 1 atom stereocenters. The quantitative estimate of drug-likeness (QED) is 0.389. The van der Waals surface area contributed by atoms with Crippen LogP contribution >= 0.6 is 15.9 Å². The first-order valence-corrected chi connectivity index (χ1v) is 10.1. The van der Waals surface area contributed by atoms with Crippen molar-refractivity contribution >= 4 is 33.8 Å². The summed E-state index contributed by atoms with van der Waals surface area (Å²) in [7, 11) is 1.56. The molecule has 1 aromatic heterocycles. The Kier molecular flexibility index (Phi) is 11.3. The third-order valence-corrected chi connectivity index (χ3v) is 4.50. The minimum atomic E-state index is -2.31. The summed E-state index contributed by atoms with van der Waals surface area (Å²) in [5, 5.41) is 12.4. The van der Waals surface area contributed by atoms with Crippen molar-refractivity contribution in [2.24, 2.45) is 0 Å². The van der Waals surface area contributed by atoms with E-state index in [-0.39, 0.29) is 25.4 Å². The Labute approximate surface area is 190 Å². The van der Waals surface area contributed by atoms with Crippen LogP contribution in [0, 0.1) is 0 Å². The monoisotopic (exact) mass is 521 g/mol. The smallest absolute Gasteiger partial charge is 0.352 e. The molecule has 0 saturated heterocycles. The van der Waals surface area contributed by atoms with Crippen LogP contribution in [0.25, 0.3) is 11.3 Å². The number of halogens is 3. The fourth-order valence-electron chi connectivity index (χ4n) is 2.15. The average molecular weight is 522 g/mol. The van der Waals surface area contributed by atoms with Crippen molar-refractivity contribution in [2.45, 2.75) is 32.6 Å². The Morgan fingerprint density at radius 3 is 2.06 bits per heavy atom. The van der Waals surface area contributed by atoms with Gasteiger partial charge in [0.25, 0.3) is 6.17 Å². The van der Waals surface area contributed by atoms with Crippen LogP contribution < -0.4 is 4.74 Å². The van der Waals surface area contributed by atoms with Crippen LogP contribution in [0.15, 0.2) is 33.3 Å². The van der Waals surface area contributed by atoms with Crippen molar-refractivity contribution < 1.29 is 47.0 Å². The summed E-state index contributed by atoms with van der Waals surface area (Å²) in [5.74, 6) is -3.07. The van der Waals surface area contributed by atoms with E-state index in [1.165, 1.54) is 13.8 Å². The van der Waals surface area contributed by atoms with E-state index in [1.807, 2.05) is 0 Å². The normalized spacial score (nSPS) is 11.2. The number of aromatic nitrogens is 1. The van der Waals surface area contributed by atoms with Gasteiger partial charge in [-0.1, -0.05) is 5.16 Å². The molecule has 0 saturated carbocycles. The Bertz CT molecular complexity index is 886. The number of esters is 2. The zero-order chi connectivity index (χ0) is 24.3. The molecule has 0 aliphatic rings. The van der Waals surface area contributed by atoms with E-state index in [1.54, 1.807) is 31.4 Å². The number of hydrogen-bond donors (Lipinski definition) is 1. The van der Waals surface area contributed by atoms with Crippen molar-refractivity contribution in [3.05, 3.63) is 34.5 Å². The van der Waals surface area contributed by atoms with Crippen LogP contribution in [0.2, 0.25) is 0 Å². The minimum Gasteiger partial charge on any atom is -0.497 e. The fraction of sp³-hybridized carbons (Fsp3) is 0.400. The molecule has 0 fully saturated rings. The first-order chi connectivity index (χ1) is 15.2. The Morgan fingerprint density at radius 2 is 1.62 bits per heavy atom. The molecule has 2 rings (SSSR count). The van der Waals surface area contributed by atoms with Gasteiger partial charge in [0, 0.05) is 5.56 Å². The molecule has 9 nitrogen and oxygen atoms in total. The number of rotatable bonds is 9. The van der Waals surface area contributed by atoms with Gasteiger partial charge in [0.05, 0.1) is 31.2 Å². The molecule has 1 unspecified atom stereocenters. The van der Waals surface area contributed by atoms with E-state index in [0.29, 0.717) is 15.9 Å². The van der Waals surface area contributed by atoms with Gasteiger partial charge < -0.3 is 23.8 Å². The van der Waals surface area contributed by atoms with E-state index in [4.69, 9.17) is 14.4 Å². The van der Waals surface area contributed by atoms with E-state index in [9.17, 15) is 23.2 Å². The van der Waals surface area contributed by atoms with Crippen molar-refractivity contribution in [3.8, 4) is 17.0 Å². The molecule has 0 amide bonds. The maximum absolute atomic E-state index is 13.2. The van der Waals surface area contributed by atoms with Gasteiger partial charge in [0.2, 0.25) is 6.17 Å². The molecular weight excluding hydrogens is 500 g/mol. The van der Waals surface area contributed by atoms with Crippen molar-refractivity contribution in [2.75, 3.05) is 20.3 Å². The standard InChI is InChI=1S/C13H11BrFNO4.C7H11FO4/c1-19-8-4-2-7(3-5-8)12-11(14)10(20-16-12)6-9(15)13(17)18;1-3-11-6(9)5(8)7(10)12-4-2/h2-5,9H,6H2,1H3,(H,17,18);5H,3-4H2,1-2H3. The zero-order valence-electron chi connectivity index (χ0n) is 17.5. The molecular formula is C20H22BrF2NO8. The van der Waals surface area contributed by atoms with E-state index < -0.39 is 30.3 Å². The van der Waals surface area contributed by atoms with Crippen LogP contribution in [-0.4, -0.2) is 60.8 Å². The Balaban J connectivity index is 0.000000368. The molecule has 0 bridgehead atoms. The molecule has 0 spiro atoms. The Hall–Kier alpha value is -3.02. The van der Waals surface area contributed by atoms with Gasteiger partial charge in [-0.25, -0.2) is 23.2 Å². The second-order valence-electron chi connectivity index (χ2n) is 5.87. The van der Waals surface area contributed by atoms with E-state index >= 15 is 0 Å². The minimum absolute atomic E-state index is 0.0403. The van der Waals surface area contributed by atoms with Crippen LogP contribution in [0.3, 0.4) is 0 Å². The van der Waals surface area contributed by atoms with Crippen LogP contribution in [0.5, 0.6) is 5.75 Å². The van der Waals surface area contributed by atoms with Crippen molar-refractivity contribution in [1.82, 2.24) is 5.16 Å². The van der Waals surface area contributed by atoms with Gasteiger partial charge in [-0.3, -0.25) is 0 Å². The molecule has 32 heavy (non-hydrogen) atoms. The summed E-state index contributed by atoms with van der Waals surface area (Å²) in [4.78, 5) is 31.6. The highest BCUT2D eigenvalue weighted by molar-refractivity contribution is 9.10. The molecule has 1 aromatic carbocycles. The number of nitrogens with zero attached hydrogens (tertiary/aromatic N) is 1. The molecule has 176 valence electrons. The molecule has 1 heterocycles. The highest BCUT2D eigenvalue weighted by atomic mass is 79.9. The third kappa shape index (κ3) is 7.91. The fourth-order valence-corrected chi connectivity index (χ4v) is 2.68. The first-order valence-electron chi connectivity index (χ1n) is 9.28. The molecule has 1 N–H and O–H groups in total. The molecule has 2 aromatic rings.